The van der Waals surface area contributed by atoms with E-state index in [2.05, 4.69) is 36.1 Å². The summed E-state index contributed by atoms with van der Waals surface area (Å²) in [6.07, 6.45) is 3.46. The first-order valence-electron chi connectivity index (χ1n) is 3.94. The maximum atomic E-state index is 5.09. The second-order valence-corrected chi connectivity index (χ2v) is 4.00. The van der Waals surface area contributed by atoms with E-state index in [1.165, 1.54) is 0 Å². The Morgan fingerprint density at radius 1 is 1.50 bits per heavy atom. The van der Waals surface area contributed by atoms with E-state index >= 15 is 0 Å². The number of rotatable bonds is 1. The number of hydrogen-bond acceptors (Lipinski definition) is 3. The second-order valence-electron chi connectivity index (χ2n) is 2.82. The van der Waals surface area contributed by atoms with E-state index in [1.807, 2.05) is 6.92 Å². The van der Waals surface area contributed by atoms with Gasteiger partial charge in [0.25, 0.3) is 0 Å². The molecule has 2 rings (SSSR count). The average molecular weight is 271 g/mol. The standard InChI is InChI=1S/C8H7BrN4S/c1-4-6(9)8(14)13-7(12-4)5-2-10-11-3-5/h2-3H,1H3,(H,10,11)(H,12,13,14). The second kappa shape index (κ2) is 3.62. The van der Waals surface area contributed by atoms with Crippen molar-refractivity contribution >= 4 is 28.1 Å². The maximum absolute atomic E-state index is 5.09. The van der Waals surface area contributed by atoms with Crippen molar-refractivity contribution in [1.82, 2.24) is 20.2 Å². The molecule has 2 heterocycles. The fourth-order valence-electron chi connectivity index (χ4n) is 1.09. The van der Waals surface area contributed by atoms with Crippen LogP contribution in [-0.2, 0) is 0 Å². The number of H-pyrrole nitrogens is 2. The van der Waals surface area contributed by atoms with E-state index in [0.29, 0.717) is 4.64 Å². The Bertz CT molecular complexity index is 503. The minimum absolute atomic E-state index is 0.553. The Morgan fingerprint density at radius 3 is 2.86 bits per heavy atom. The van der Waals surface area contributed by atoms with Gasteiger partial charge in [-0.25, -0.2) is 4.98 Å². The van der Waals surface area contributed by atoms with Crippen LogP contribution in [0.5, 0.6) is 0 Å². The summed E-state index contributed by atoms with van der Waals surface area (Å²) >= 11 is 8.45. The number of nitrogens with one attached hydrogen (secondary N) is 2. The highest BCUT2D eigenvalue weighted by atomic mass is 79.9. The van der Waals surface area contributed by atoms with Crippen molar-refractivity contribution in [2.75, 3.05) is 0 Å². The lowest BCUT2D eigenvalue weighted by Crippen LogP contribution is -1.93. The molecule has 0 aliphatic carbocycles. The molecule has 0 spiro atoms. The van der Waals surface area contributed by atoms with E-state index in [4.69, 9.17) is 12.2 Å². The fourth-order valence-corrected chi connectivity index (χ4v) is 1.52. The molecule has 0 fully saturated rings. The van der Waals surface area contributed by atoms with Gasteiger partial charge in [0.15, 0.2) is 0 Å². The number of aromatic nitrogens is 4. The van der Waals surface area contributed by atoms with Crippen molar-refractivity contribution in [3.8, 4) is 11.4 Å². The molecule has 2 N–H and O–H groups in total. The smallest absolute Gasteiger partial charge is 0.144 e. The molecule has 4 nitrogen and oxygen atoms in total. The van der Waals surface area contributed by atoms with E-state index in [1.54, 1.807) is 12.4 Å². The molecule has 0 saturated heterocycles. The van der Waals surface area contributed by atoms with Crippen LogP contribution >= 0.6 is 28.1 Å². The van der Waals surface area contributed by atoms with Crippen molar-refractivity contribution in [3.63, 3.8) is 0 Å². The normalized spacial score (nSPS) is 10.4. The van der Waals surface area contributed by atoms with Gasteiger partial charge in [-0.1, -0.05) is 12.2 Å². The molecule has 0 bridgehead atoms. The van der Waals surface area contributed by atoms with Crippen LogP contribution in [0.25, 0.3) is 11.4 Å². The summed E-state index contributed by atoms with van der Waals surface area (Å²) in [4.78, 5) is 7.36. The van der Waals surface area contributed by atoms with E-state index in [9.17, 15) is 0 Å². The third-order valence-electron chi connectivity index (χ3n) is 1.81. The quantitative estimate of drug-likeness (QED) is 0.784. The van der Waals surface area contributed by atoms with Gasteiger partial charge >= 0.3 is 0 Å². The lowest BCUT2D eigenvalue weighted by atomic mass is 10.3. The molecule has 0 radical (unpaired) electrons. The summed E-state index contributed by atoms with van der Waals surface area (Å²) in [5.41, 5.74) is 1.85. The SMILES string of the molecule is Cc1[nH]c(-c2cn[nH]c2)nc(=S)c1Br. The first-order chi connectivity index (χ1) is 6.68. The number of aromatic amines is 2. The van der Waals surface area contributed by atoms with Crippen molar-refractivity contribution in [2.45, 2.75) is 6.92 Å². The minimum atomic E-state index is 0.553. The molecule has 14 heavy (non-hydrogen) atoms. The van der Waals surface area contributed by atoms with Crippen LogP contribution in [0.3, 0.4) is 0 Å². The molecule has 2 aromatic rings. The van der Waals surface area contributed by atoms with Gasteiger partial charge in [-0.05, 0) is 22.9 Å². The summed E-state index contributed by atoms with van der Waals surface area (Å²) in [6, 6.07) is 0. The molecular formula is C8H7BrN4S. The molecule has 0 aliphatic rings. The molecule has 0 aromatic carbocycles. The Morgan fingerprint density at radius 2 is 2.29 bits per heavy atom. The van der Waals surface area contributed by atoms with Crippen LogP contribution in [0.2, 0.25) is 0 Å². The summed E-state index contributed by atoms with van der Waals surface area (Å²) in [7, 11) is 0. The molecule has 0 unspecified atom stereocenters. The number of aryl methyl sites for hydroxylation is 1. The topological polar surface area (TPSA) is 57.4 Å². The van der Waals surface area contributed by atoms with Gasteiger partial charge in [0.2, 0.25) is 0 Å². The zero-order chi connectivity index (χ0) is 10.1. The lowest BCUT2D eigenvalue weighted by Gasteiger charge is -2.01. The number of nitrogens with zero attached hydrogens (tertiary/aromatic N) is 2. The first-order valence-corrected chi connectivity index (χ1v) is 5.14. The molecule has 0 atom stereocenters. The Labute approximate surface area is 93.9 Å². The van der Waals surface area contributed by atoms with Crippen LogP contribution in [0.15, 0.2) is 16.9 Å². The van der Waals surface area contributed by atoms with Gasteiger partial charge in [0, 0.05) is 11.9 Å². The largest absolute Gasteiger partial charge is 0.342 e. The monoisotopic (exact) mass is 270 g/mol. The van der Waals surface area contributed by atoms with Gasteiger partial charge in [-0.3, -0.25) is 5.10 Å². The highest BCUT2D eigenvalue weighted by Crippen LogP contribution is 2.19. The van der Waals surface area contributed by atoms with E-state index < -0.39 is 0 Å². The Balaban J connectivity index is 2.63. The highest BCUT2D eigenvalue weighted by molar-refractivity contribution is 9.10. The third-order valence-corrected chi connectivity index (χ3v) is 3.34. The van der Waals surface area contributed by atoms with Crippen LogP contribution in [0, 0.1) is 11.6 Å². The maximum Gasteiger partial charge on any atom is 0.144 e. The Hall–Kier alpha value is -1.01. The van der Waals surface area contributed by atoms with Gasteiger partial charge in [-0.15, -0.1) is 0 Å². The highest BCUT2D eigenvalue weighted by Gasteiger charge is 2.04. The van der Waals surface area contributed by atoms with Crippen molar-refractivity contribution in [2.24, 2.45) is 0 Å². The average Bonchev–Trinajstić information content (AvgIpc) is 2.66. The van der Waals surface area contributed by atoms with Gasteiger partial charge < -0.3 is 4.98 Å². The van der Waals surface area contributed by atoms with Crippen LogP contribution in [-0.4, -0.2) is 20.2 Å². The van der Waals surface area contributed by atoms with Gasteiger partial charge in [0.1, 0.15) is 10.5 Å². The van der Waals surface area contributed by atoms with E-state index in [-0.39, 0.29) is 0 Å². The van der Waals surface area contributed by atoms with Crippen molar-refractivity contribution in [1.29, 1.82) is 0 Å². The van der Waals surface area contributed by atoms with Crippen LogP contribution in [0.4, 0.5) is 0 Å². The minimum Gasteiger partial charge on any atom is -0.342 e. The predicted octanol–water partition coefficient (Wildman–Crippen LogP) is 2.60. The molecular weight excluding hydrogens is 264 g/mol. The zero-order valence-electron chi connectivity index (χ0n) is 7.34. The summed E-state index contributed by atoms with van der Waals surface area (Å²) in [6.45, 7) is 1.94. The number of hydrogen-bond donors (Lipinski definition) is 2. The molecule has 0 amide bonds. The summed E-state index contributed by atoms with van der Waals surface area (Å²) in [5.74, 6) is 0.726. The molecule has 72 valence electrons. The zero-order valence-corrected chi connectivity index (χ0v) is 9.74. The molecule has 0 saturated carbocycles. The summed E-state index contributed by atoms with van der Waals surface area (Å²) < 4.78 is 1.39. The number of halogens is 1. The van der Waals surface area contributed by atoms with Crippen molar-refractivity contribution in [3.05, 3.63) is 27.2 Å². The van der Waals surface area contributed by atoms with Gasteiger partial charge in [0.05, 0.1) is 16.2 Å². The predicted molar refractivity (Wildman–Crippen MR) is 59.4 cm³/mol. The van der Waals surface area contributed by atoms with Gasteiger partial charge in [-0.2, -0.15) is 5.10 Å². The fraction of sp³-hybridized carbons (Fsp3) is 0.125. The van der Waals surface area contributed by atoms with Crippen LogP contribution < -0.4 is 0 Å². The van der Waals surface area contributed by atoms with Crippen molar-refractivity contribution < 1.29 is 0 Å². The Kier molecular flexibility index (Phi) is 2.47. The lowest BCUT2D eigenvalue weighted by molar-refractivity contribution is 1.08. The molecule has 2 aromatic heterocycles. The third kappa shape index (κ3) is 1.62. The molecule has 0 aliphatic heterocycles. The summed E-state index contributed by atoms with van der Waals surface area (Å²) in [5, 5.41) is 6.58. The van der Waals surface area contributed by atoms with E-state index in [0.717, 1.165) is 21.6 Å². The van der Waals surface area contributed by atoms with Crippen LogP contribution in [0.1, 0.15) is 5.69 Å². The molecule has 6 heteroatoms. The first kappa shape index (κ1) is 9.54.